The van der Waals surface area contributed by atoms with E-state index in [-0.39, 0.29) is 13.0 Å². The van der Waals surface area contributed by atoms with E-state index in [9.17, 15) is 18.0 Å². The van der Waals surface area contributed by atoms with E-state index in [1.165, 1.54) is 0 Å². The van der Waals surface area contributed by atoms with Crippen LogP contribution < -0.4 is 0 Å². The fraction of sp³-hybridized carbons (Fsp3) is 0.571. The molecule has 0 saturated carbocycles. The van der Waals surface area contributed by atoms with Gasteiger partial charge < -0.3 is 0 Å². The van der Waals surface area contributed by atoms with Gasteiger partial charge in [-0.05, 0) is 0 Å². The average molecular weight is 205 g/mol. The lowest BCUT2D eigenvalue weighted by Gasteiger charge is -2.07. The molecular formula is C7H6F3N3O. The van der Waals surface area contributed by atoms with Crippen LogP contribution in [-0.2, 0) is 4.79 Å². The minimum atomic E-state index is -4.56. The molecule has 1 aliphatic rings. The number of hydrogen-bond acceptors (Lipinski definition) is 3. The van der Waals surface area contributed by atoms with Gasteiger partial charge >= 0.3 is 6.18 Å². The molecular weight excluding hydrogens is 199 g/mol. The Bertz CT molecular complexity index is 315. The van der Waals surface area contributed by atoms with Crippen LogP contribution in [0.25, 0.3) is 0 Å². The van der Waals surface area contributed by atoms with Crippen molar-refractivity contribution in [3.05, 3.63) is 0 Å². The molecule has 1 rings (SSSR count). The van der Waals surface area contributed by atoms with E-state index in [1.807, 2.05) is 0 Å². The van der Waals surface area contributed by atoms with Crippen molar-refractivity contribution in [1.82, 2.24) is 5.01 Å². The number of amides is 1. The smallest absolute Gasteiger partial charge is 0.273 e. The monoisotopic (exact) mass is 205 g/mol. The molecule has 0 N–H and O–H groups in total. The maximum Gasteiger partial charge on any atom is 0.431 e. The van der Waals surface area contributed by atoms with E-state index in [4.69, 9.17) is 5.26 Å². The van der Waals surface area contributed by atoms with Crippen LogP contribution in [0.1, 0.15) is 12.8 Å². The van der Waals surface area contributed by atoms with Gasteiger partial charge in [-0.3, -0.25) is 4.79 Å². The number of halogens is 3. The highest BCUT2D eigenvalue weighted by atomic mass is 19.4. The Labute approximate surface area is 77.6 Å². The molecule has 1 amide bonds. The van der Waals surface area contributed by atoms with E-state index >= 15 is 0 Å². The Hall–Kier alpha value is -1.58. The van der Waals surface area contributed by atoms with Gasteiger partial charge in [-0.15, -0.1) is 0 Å². The highest BCUT2D eigenvalue weighted by Gasteiger charge is 2.42. The molecule has 0 spiro atoms. The van der Waals surface area contributed by atoms with E-state index in [0.29, 0.717) is 5.01 Å². The summed E-state index contributed by atoms with van der Waals surface area (Å²) in [6.07, 6.45) is -5.31. The minimum Gasteiger partial charge on any atom is -0.273 e. The van der Waals surface area contributed by atoms with Crippen LogP contribution in [0.2, 0.25) is 0 Å². The Balaban J connectivity index is 2.68. The standard InChI is InChI=1S/C7H6F3N3O/c8-7(9,10)5-4-6(14)13(12-5)3-1-2-11/h1,3-4H2. The molecule has 1 heterocycles. The average Bonchev–Trinajstić information content (AvgIpc) is 2.43. The molecule has 7 heteroatoms. The molecule has 0 aromatic heterocycles. The number of alkyl halides is 3. The van der Waals surface area contributed by atoms with Crippen molar-refractivity contribution in [1.29, 1.82) is 5.26 Å². The van der Waals surface area contributed by atoms with Gasteiger partial charge in [0.15, 0.2) is 5.71 Å². The molecule has 0 fully saturated rings. The number of rotatable bonds is 2. The van der Waals surface area contributed by atoms with E-state index in [1.54, 1.807) is 6.07 Å². The van der Waals surface area contributed by atoms with E-state index in [2.05, 4.69) is 5.10 Å². The lowest BCUT2D eigenvalue weighted by Crippen LogP contribution is -2.22. The van der Waals surface area contributed by atoms with Gasteiger partial charge in [-0.25, -0.2) is 5.01 Å². The highest BCUT2D eigenvalue weighted by molar-refractivity contribution is 6.07. The normalized spacial score (nSPS) is 16.9. The van der Waals surface area contributed by atoms with Crippen molar-refractivity contribution in [2.45, 2.75) is 19.0 Å². The second-order valence-corrected chi connectivity index (χ2v) is 2.65. The van der Waals surface area contributed by atoms with Gasteiger partial charge in [0.2, 0.25) is 5.91 Å². The van der Waals surface area contributed by atoms with Crippen LogP contribution in [0.3, 0.4) is 0 Å². The molecule has 4 nitrogen and oxygen atoms in total. The van der Waals surface area contributed by atoms with E-state index in [0.717, 1.165) is 0 Å². The summed E-state index contributed by atoms with van der Waals surface area (Å²) < 4.78 is 36.2. The third-order valence-electron chi connectivity index (χ3n) is 1.61. The van der Waals surface area contributed by atoms with Crippen molar-refractivity contribution >= 4 is 11.6 Å². The van der Waals surface area contributed by atoms with Crippen LogP contribution in [0.5, 0.6) is 0 Å². The summed E-state index contributed by atoms with van der Waals surface area (Å²) in [6, 6.07) is 1.72. The molecule has 0 atom stereocenters. The van der Waals surface area contributed by atoms with Crippen LogP contribution >= 0.6 is 0 Å². The van der Waals surface area contributed by atoms with Gasteiger partial charge in [-0.2, -0.15) is 23.5 Å². The lowest BCUT2D eigenvalue weighted by atomic mass is 10.2. The molecule has 76 valence electrons. The zero-order valence-corrected chi connectivity index (χ0v) is 7.01. The predicted octanol–water partition coefficient (Wildman–Crippen LogP) is 1.05. The maximum absolute atomic E-state index is 12.1. The summed E-state index contributed by atoms with van der Waals surface area (Å²) in [7, 11) is 0. The third-order valence-corrected chi connectivity index (χ3v) is 1.61. The molecule has 0 aromatic rings. The first kappa shape index (κ1) is 10.5. The predicted molar refractivity (Wildman–Crippen MR) is 40.1 cm³/mol. The van der Waals surface area contributed by atoms with Crippen LogP contribution in [0.4, 0.5) is 13.2 Å². The zero-order valence-electron chi connectivity index (χ0n) is 7.01. The van der Waals surface area contributed by atoms with Crippen molar-refractivity contribution in [3.8, 4) is 6.07 Å². The molecule has 0 unspecified atom stereocenters. The van der Waals surface area contributed by atoms with Crippen molar-refractivity contribution in [3.63, 3.8) is 0 Å². The number of hydrazone groups is 1. The second kappa shape index (κ2) is 3.65. The van der Waals surface area contributed by atoms with Crippen LogP contribution in [0, 0.1) is 11.3 Å². The minimum absolute atomic E-state index is 0.0274. The number of hydrogen-bond donors (Lipinski definition) is 0. The van der Waals surface area contributed by atoms with Gasteiger partial charge in [0.25, 0.3) is 0 Å². The third kappa shape index (κ3) is 2.22. The zero-order chi connectivity index (χ0) is 10.8. The van der Waals surface area contributed by atoms with Crippen molar-refractivity contribution in [2.24, 2.45) is 5.10 Å². The largest absolute Gasteiger partial charge is 0.431 e. The van der Waals surface area contributed by atoms with E-state index < -0.39 is 24.2 Å². The van der Waals surface area contributed by atoms with Crippen molar-refractivity contribution in [2.75, 3.05) is 6.54 Å². The van der Waals surface area contributed by atoms with Gasteiger partial charge in [0.05, 0.1) is 25.5 Å². The van der Waals surface area contributed by atoms with Crippen LogP contribution in [-0.4, -0.2) is 29.3 Å². The fourth-order valence-corrected chi connectivity index (χ4v) is 0.959. The summed E-state index contributed by atoms with van der Waals surface area (Å²) in [6.45, 7) is -0.0884. The molecule has 0 aliphatic carbocycles. The Morgan fingerprint density at radius 2 is 2.21 bits per heavy atom. The summed E-state index contributed by atoms with van der Waals surface area (Å²) >= 11 is 0. The molecule has 0 saturated heterocycles. The first-order valence-corrected chi connectivity index (χ1v) is 3.77. The molecule has 1 aliphatic heterocycles. The molecule has 14 heavy (non-hydrogen) atoms. The summed E-state index contributed by atoms with van der Waals surface area (Å²) in [4.78, 5) is 10.9. The lowest BCUT2D eigenvalue weighted by molar-refractivity contribution is -0.128. The topological polar surface area (TPSA) is 56.5 Å². The maximum atomic E-state index is 12.1. The highest BCUT2D eigenvalue weighted by Crippen LogP contribution is 2.24. The van der Waals surface area contributed by atoms with Gasteiger partial charge in [0.1, 0.15) is 0 Å². The summed E-state index contributed by atoms with van der Waals surface area (Å²) in [5.41, 5.74) is -1.10. The summed E-state index contributed by atoms with van der Waals surface area (Å²) in [5, 5.41) is 12.0. The second-order valence-electron chi connectivity index (χ2n) is 2.65. The Morgan fingerprint density at radius 3 is 2.64 bits per heavy atom. The van der Waals surface area contributed by atoms with Gasteiger partial charge in [-0.1, -0.05) is 0 Å². The van der Waals surface area contributed by atoms with Gasteiger partial charge in [0, 0.05) is 0 Å². The fourth-order valence-electron chi connectivity index (χ4n) is 0.959. The number of carbonyl (C=O) groups is 1. The molecule has 0 radical (unpaired) electrons. The number of nitrogens with zero attached hydrogens (tertiary/aromatic N) is 3. The first-order valence-electron chi connectivity index (χ1n) is 3.77. The number of carbonyl (C=O) groups excluding carboxylic acids is 1. The Morgan fingerprint density at radius 1 is 1.57 bits per heavy atom. The quantitative estimate of drug-likeness (QED) is 0.676. The molecule has 0 aromatic carbocycles. The van der Waals surface area contributed by atoms with Crippen molar-refractivity contribution < 1.29 is 18.0 Å². The molecule has 0 bridgehead atoms. The SMILES string of the molecule is N#CCCN1N=C(C(F)(F)F)CC1=O. The van der Waals surface area contributed by atoms with Crippen LogP contribution in [0.15, 0.2) is 5.10 Å². The first-order chi connectivity index (χ1) is 6.45. The summed E-state index contributed by atoms with van der Waals surface area (Å²) in [5.74, 6) is -0.715. The Kier molecular flexibility index (Phi) is 2.74. The number of nitriles is 1.